The van der Waals surface area contributed by atoms with Crippen LogP contribution >= 0.6 is 0 Å². The lowest BCUT2D eigenvalue weighted by molar-refractivity contribution is 0.00902. The number of hydrogen-bond acceptors (Lipinski definition) is 2. The van der Waals surface area contributed by atoms with Crippen LogP contribution in [-0.2, 0) is 5.60 Å². The van der Waals surface area contributed by atoms with E-state index < -0.39 is 5.60 Å². The van der Waals surface area contributed by atoms with Crippen LogP contribution < -0.4 is 0 Å². The van der Waals surface area contributed by atoms with Crippen molar-refractivity contribution in [3.05, 3.63) is 35.4 Å². The number of carbonyl (C=O) groups excluding carboxylic acids is 1. The minimum atomic E-state index is -0.876. The molecule has 14 heavy (non-hydrogen) atoms. The Bertz CT molecular complexity index is 327. The van der Waals surface area contributed by atoms with E-state index in [1.807, 2.05) is 19.9 Å². The van der Waals surface area contributed by atoms with Crippen molar-refractivity contribution < 1.29 is 9.90 Å². The van der Waals surface area contributed by atoms with Gasteiger partial charge in [-0.15, -0.1) is 0 Å². The molecule has 0 spiro atoms. The molecule has 1 unspecified atom stereocenters. The van der Waals surface area contributed by atoms with Crippen LogP contribution in [0.25, 0.3) is 0 Å². The van der Waals surface area contributed by atoms with Crippen LogP contribution in [-0.4, -0.2) is 11.4 Å². The average Bonchev–Trinajstić information content (AvgIpc) is 2.17. The molecule has 1 aromatic carbocycles. The summed E-state index contributed by atoms with van der Waals surface area (Å²) in [6.45, 7) is 5.67. The molecule has 2 nitrogen and oxygen atoms in total. The van der Waals surface area contributed by atoms with Gasteiger partial charge in [-0.25, -0.2) is 0 Å². The first-order valence-electron chi connectivity index (χ1n) is 4.76. The molecule has 0 aliphatic heterocycles. The normalized spacial score (nSPS) is 15.2. The summed E-state index contributed by atoms with van der Waals surface area (Å²) in [4.78, 5) is 10.6. The van der Waals surface area contributed by atoms with Crippen LogP contribution in [0.5, 0.6) is 0 Å². The van der Waals surface area contributed by atoms with Gasteiger partial charge in [0, 0.05) is 5.56 Å². The zero-order chi connectivity index (χ0) is 10.8. The number of benzene rings is 1. The molecule has 0 aromatic heterocycles. The molecule has 0 aliphatic rings. The second-order valence-corrected chi connectivity index (χ2v) is 4.05. The lowest BCUT2D eigenvalue weighted by Crippen LogP contribution is -2.27. The maximum atomic E-state index is 10.6. The minimum Gasteiger partial charge on any atom is -0.385 e. The molecular formula is C12H16O2. The second kappa shape index (κ2) is 3.93. The fourth-order valence-corrected chi connectivity index (χ4v) is 1.26. The van der Waals surface area contributed by atoms with Gasteiger partial charge in [0.2, 0.25) is 0 Å². The molecular weight excluding hydrogens is 176 g/mol. The molecule has 0 bridgehead atoms. The highest BCUT2D eigenvalue weighted by Crippen LogP contribution is 2.28. The van der Waals surface area contributed by atoms with E-state index in [4.69, 9.17) is 0 Å². The largest absolute Gasteiger partial charge is 0.385 e. The molecule has 0 fully saturated rings. The van der Waals surface area contributed by atoms with E-state index in [2.05, 4.69) is 0 Å². The molecule has 0 saturated heterocycles. The van der Waals surface area contributed by atoms with Crippen LogP contribution in [0.15, 0.2) is 24.3 Å². The second-order valence-electron chi connectivity index (χ2n) is 4.05. The topological polar surface area (TPSA) is 37.3 Å². The Morgan fingerprint density at radius 3 is 2.57 bits per heavy atom. The zero-order valence-corrected chi connectivity index (χ0v) is 8.82. The Labute approximate surface area is 84.6 Å². The van der Waals surface area contributed by atoms with Crippen molar-refractivity contribution in [2.45, 2.75) is 26.4 Å². The summed E-state index contributed by atoms with van der Waals surface area (Å²) in [5.74, 6) is 0.115. The van der Waals surface area contributed by atoms with Crippen molar-refractivity contribution in [1.82, 2.24) is 0 Å². The summed E-state index contributed by atoms with van der Waals surface area (Å²) >= 11 is 0. The molecule has 1 N–H and O–H groups in total. The first-order chi connectivity index (χ1) is 6.48. The van der Waals surface area contributed by atoms with Gasteiger partial charge in [0.25, 0.3) is 0 Å². The standard InChI is InChI=1S/C12H16O2/c1-9(2)12(3,14)11-6-4-5-10(7-11)8-13/h4-9,14H,1-3H3. The van der Waals surface area contributed by atoms with E-state index in [1.54, 1.807) is 25.1 Å². The lowest BCUT2D eigenvalue weighted by Gasteiger charge is -2.28. The van der Waals surface area contributed by atoms with Crippen LogP contribution in [0.2, 0.25) is 0 Å². The highest BCUT2D eigenvalue weighted by atomic mass is 16.3. The van der Waals surface area contributed by atoms with Gasteiger partial charge in [-0.05, 0) is 24.5 Å². The molecule has 0 radical (unpaired) electrons. The summed E-state index contributed by atoms with van der Waals surface area (Å²) in [5, 5.41) is 10.2. The predicted octanol–water partition coefficient (Wildman–Crippen LogP) is 2.36. The minimum absolute atomic E-state index is 0.115. The fraction of sp³-hybridized carbons (Fsp3) is 0.417. The molecule has 1 rings (SSSR count). The zero-order valence-electron chi connectivity index (χ0n) is 8.82. The number of carbonyl (C=O) groups is 1. The van der Waals surface area contributed by atoms with E-state index in [0.717, 1.165) is 11.8 Å². The van der Waals surface area contributed by atoms with E-state index in [0.29, 0.717) is 5.56 Å². The highest BCUT2D eigenvalue weighted by molar-refractivity contribution is 5.75. The molecule has 76 valence electrons. The molecule has 0 saturated carbocycles. The van der Waals surface area contributed by atoms with Gasteiger partial charge >= 0.3 is 0 Å². The smallest absolute Gasteiger partial charge is 0.150 e. The third-order valence-corrected chi connectivity index (χ3v) is 2.73. The van der Waals surface area contributed by atoms with Crippen molar-refractivity contribution in [2.75, 3.05) is 0 Å². The average molecular weight is 192 g/mol. The monoisotopic (exact) mass is 192 g/mol. The third-order valence-electron chi connectivity index (χ3n) is 2.73. The van der Waals surface area contributed by atoms with Crippen LogP contribution in [0.4, 0.5) is 0 Å². The van der Waals surface area contributed by atoms with Crippen molar-refractivity contribution >= 4 is 6.29 Å². The SMILES string of the molecule is CC(C)C(C)(O)c1cccc(C=O)c1. The molecule has 1 aromatic rings. The fourth-order valence-electron chi connectivity index (χ4n) is 1.26. The van der Waals surface area contributed by atoms with Gasteiger partial charge in [0.15, 0.2) is 0 Å². The quantitative estimate of drug-likeness (QED) is 0.746. The van der Waals surface area contributed by atoms with Crippen molar-refractivity contribution in [3.8, 4) is 0 Å². The molecule has 0 heterocycles. The number of aldehydes is 1. The Hall–Kier alpha value is -1.15. The van der Waals surface area contributed by atoms with Crippen molar-refractivity contribution in [2.24, 2.45) is 5.92 Å². The van der Waals surface area contributed by atoms with Gasteiger partial charge in [0.1, 0.15) is 6.29 Å². The summed E-state index contributed by atoms with van der Waals surface area (Å²) in [7, 11) is 0. The van der Waals surface area contributed by atoms with E-state index in [-0.39, 0.29) is 5.92 Å². The molecule has 1 atom stereocenters. The Balaban J connectivity index is 3.12. The van der Waals surface area contributed by atoms with E-state index in [1.165, 1.54) is 0 Å². The van der Waals surface area contributed by atoms with Gasteiger partial charge in [-0.2, -0.15) is 0 Å². The van der Waals surface area contributed by atoms with E-state index in [9.17, 15) is 9.90 Å². The van der Waals surface area contributed by atoms with Gasteiger partial charge in [0.05, 0.1) is 5.60 Å². The summed E-state index contributed by atoms with van der Waals surface area (Å²) in [6, 6.07) is 7.09. The first kappa shape index (κ1) is 10.9. The number of hydrogen-bond donors (Lipinski definition) is 1. The molecule has 2 heteroatoms. The number of aliphatic hydroxyl groups is 1. The Kier molecular flexibility index (Phi) is 3.06. The van der Waals surface area contributed by atoms with E-state index >= 15 is 0 Å². The van der Waals surface area contributed by atoms with Gasteiger partial charge in [-0.3, -0.25) is 4.79 Å². The van der Waals surface area contributed by atoms with Crippen LogP contribution in [0.1, 0.15) is 36.7 Å². The van der Waals surface area contributed by atoms with Crippen LogP contribution in [0, 0.1) is 5.92 Å². The summed E-state index contributed by atoms with van der Waals surface area (Å²) < 4.78 is 0. The Morgan fingerprint density at radius 2 is 2.07 bits per heavy atom. The highest BCUT2D eigenvalue weighted by Gasteiger charge is 2.26. The maximum Gasteiger partial charge on any atom is 0.150 e. The third kappa shape index (κ3) is 2.02. The maximum absolute atomic E-state index is 10.6. The van der Waals surface area contributed by atoms with Gasteiger partial charge in [-0.1, -0.05) is 32.0 Å². The molecule has 0 amide bonds. The van der Waals surface area contributed by atoms with Crippen molar-refractivity contribution in [1.29, 1.82) is 0 Å². The molecule has 0 aliphatic carbocycles. The van der Waals surface area contributed by atoms with Crippen molar-refractivity contribution in [3.63, 3.8) is 0 Å². The van der Waals surface area contributed by atoms with Crippen LogP contribution in [0.3, 0.4) is 0 Å². The van der Waals surface area contributed by atoms with Gasteiger partial charge < -0.3 is 5.11 Å². The summed E-state index contributed by atoms with van der Waals surface area (Å²) in [6.07, 6.45) is 0.792. The number of rotatable bonds is 3. The summed E-state index contributed by atoms with van der Waals surface area (Å²) in [5.41, 5.74) is 0.513. The Morgan fingerprint density at radius 1 is 1.43 bits per heavy atom. The predicted molar refractivity (Wildman–Crippen MR) is 56.2 cm³/mol. The first-order valence-corrected chi connectivity index (χ1v) is 4.76. The lowest BCUT2D eigenvalue weighted by atomic mass is 9.85.